The fourth-order valence-corrected chi connectivity index (χ4v) is 7.21. The Kier molecular flexibility index (Phi) is 5.19. The molecule has 0 unspecified atom stereocenters. The van der Waals surface area contributed by atoms with E-state index in [0.29, 0.717) is 0 Å². The van der Waals surface area contributed by atoms with E-state index in [2.05, 4.69) is 97.8 Å². The van der Waals surface area contributed by atoms with Crippen LogP contribution in [0, 0.1) is 12.3 Å². The number of imidazole rings is 1. The van der Waals surface area contributed by atoms with Crippen LogP contribution in [0.25, 0.3) is 49.4 Å². The van der Waals surface area contributed by atoms with E-state index in [1.165, 1.54) is 15.4 Å². The third-order valence-electron chi connectivity index (χ3n) is 7.62. The van der Waals surface area contributed by atoms with Crippen LogP contribution in [0.1, 0.15) is 4.88 Å². The summed E-state index contributed by atoms with van der Waals surface area (Å²) in [5.41, 5.74) is 5.56. The molecule has 2 aromatic carbocycles. The summed E-state index contributed by atoms with van der Waals surface area (Å²) in [6.07, 6.45) is 6.25. The van der Waals surface area contributed by atoms with Crippen LogP contribution in [0.2, 0.25) is 0 Å². The Labute approximate surface area is 244 Å². The Hall–Kier alpha value is -4.36. The molecule has 8 heteroatoms. The normalized spacial score (nSPS) is 13.1. The van der Waals surface area contributed by atoms with E-state index < -0.39 is 0 Å². The number of hydrogen-bond donors (Lipinski definition) is 0. The number of para-hydroxylation sites is 3. The molecule has 0 spiro atoms. The molecule has 0 N–H and O–H groups in total. The molecule has 6 aromatic heterocycles. The van der Waals surface area contributed by atoms with Crippen molar-refractivity contribution in [3.8, 4) is 11.6 Å². The second-order valence-electron chi connectivity index (χ2n) is 9.77. The maximum Gasteiger partial charge on any atom is 2.00 e. The number of benzene rings is 2. The third-order valence-corrected chi connectivity index (χ3v) is 8.85. The van der Waals surface area contributed by atoms with Crippen LogP contribution in [0.5, 0.6) is 0 Å². The summed E-state index contributed by atoms with van der Waals surface area (Å²) in [6, 6.07) is 34.9. The predicted molar refractivity (Wildman–Crippen MR) is 157 cm³/mol. The molecule has 1 aliphatic heterocycles. The van der Waals surface area contributed by atoms with Crippen molar-refractivity contribution in [1.82, 2.24) is 23.5 Å². The van der Waals surface area contributed by atoms with Gasteiger partial charge in [-0.1, -0.05) is 60.2 Å². The van der Waals surface area contributed by atoms with Gasteiger partial charge in [0.2, 0.25) is 0 Å². The summed E-state index contributed by atoms with van der Waals surface area (Å²) < 4.78 is 6.60. The molecular weight excluding hydrogens is 564 g/mol. The van der Waals surface area contributed by atoms with Crippen LogP contribution >= 0.6 is 11.3 Å². The Morgan fingerprint density at radius 1 is 0.775 bits per heavy atom. The zero-order valence-corrected chi connectivity index (χ0v) is 22.8. The number of fused-ring (bicyclic) bond motifs is 8. The first-order valence-electron chi connectivity index (χ1n) is 13.0. The van der Waals surface area contributed by atoms with Crippen molar-refractivity contribution in [2.45, 2.75) is 6.42 Å². The number of pyridine rings is 2. The number of thiophene rings is 1. The number of aromatic nitrogens is 5. The maximum absolute atomic E-state index is 5.14. The van der Waals surface area contributed by atoms with Crippen LogP contribution in [0.4, 0.5) is 11.5 Å². The quantitative estimate of drug-likeness (QED) is 0.164. The second kappa shape index (κ2) is 8.83. The Morgan fingerprint density at radius 3 is 2.42 bits per heavy atom. The Morgan fingerprint density at radius 2 is 1.55 bits per heavy atom. The Balaban J connectivity index is 0.00000245. The molecule has 0 atom stereocenters. The van der Waals surface area contributed by atoms with E-state index in [1.54, 1.807) is 0 Å². The molecule has 1 radical (unpaired) electrons. The number of rotatable bonds is 3. The maximum atomic E-state index is 5.14. The fraction of sp³-hybridized carbons (Fsp3) is 0.0625. The van der Waals surface area contributed by atoms with Crippen LogP contribution < -0.4 is 4.90 Å². The largest absolute Gasteiger partial charge is 2.00 e. The Bertz CT molecular complexity index is 2200. The average Bonchev–Trinajstić information content (AvgIpc) is 3.78. The van der Waals surface area contributed by atoms with Crippen molar-refractivity contribution in [2.24, 2.45) is 0 Å². The molecule has 7 heterocycles. The van der Waals surface area contributed by atoms with E-state index in [0.717, 1.165) is 63.4 Å². The molecule has 0 fully saturated rings. The number of nitrogens with zero attached hydrogens (tertiary/aromatic N) is 6. The first-order chi connectivity index (χ1) is 19.3. The number of anilines is 2. The molecule has 9 rings (SSSR count). The molecule has 6 nitrogen and oxygen atoms in total. The summed E-state index contributed by atoms with van der Waals surface area (Å²) in [7, 11) is 0. The predicted octanol–water partition coefficient (Wildman–Crippen LogP) is 7.12. The van der Waals surface area contributed by atoms with E-state index in [4.69, 9.17) is 4.98 Å². The molecule has 0 saturated carbocycles. The van der Waals surface area contributed by atoms with E-state index >= 15 is 0 Å². The third kappa shape index (κ3) is 3.21. The van der Waals surface area contributed by atoms with E-state index in [-0.39, 0.29) is 17.1 Å². The molecule has 40 heavy (non-hydrogen) atoms. The topological polar surface area (TPSA) is 43.3 Å². The van der Waals surface area contributed by atoms with Gasteiger partial charge in [0.05, 0.1) is 22.5 Å². The van der Waals surface area contributed by atoms with Gasteiger partial charge in [-0.3, -0.25) is 9.55 Å². The van der Waals surface area contributed by atoms with Crippen LogP contribution in [0.3, 0.4) is 0 Å². The van der Waals surface area contributed by atoms with Gasteiger partial charge in [-0.05, 0) is 52.1 Å². The zero-order valence-electron chi connectivity index (χ0n) is 21.0. The first kappa shape index (κ1) is 23.5. The molecule has 0 amide bonds. The monoisotopic (exact) mass is 583 g/mol. The SMILES string of the molecule is [Cu+2].[c-]1c2c3c(sc2n2c4ccccc4n(-c4cccc(-n5[c-]cc6ccccc65)n4)c12)CCN3c1ccccn1. The van der Waals surface area contributed by atoms with Gasteiger partial charge in [0, 0.05) is 12.7 Å². The summed E-state index contributed by atoms with van der Waals surface area (Å²) in [6.45, 7) is 0.938. The van der Waals surface area contributed by atoms with Gasteiger partial charge in [0.1, 0.15) is 11.6 Å². The zero-order chi connectivity index (χ0) is 25.5. The van der Waals surface area contributed by atoms with Crippen molar-refractivity contribution >= 4 is 60.6 Å². The van der Waals surface area contributed by atoms with Crippen molar-refractivity contribution < 1.29 is 17.1 Å². The van der Waals surface area contributed by atoms with Crippen LogP contribution in [0.15, 0.2) is 97.2 Å². The summed E-state index contributed by atoms with van der Waals surface area (Å²) in [5, 5.41) is 2.29. The minimum atomic E-state index is 0. The second-order valence-corrected chi connectivity index (χ2v) is 10.9. The standard InChI is InChI=1S/C32H20N6S.Cu/c1-2-9-23-21(8-1)15-18-35(23)28-13-7-14-29(34-28)37-24-10-3-4-11-25(24)38-30(37)20-22-31-26(39-32(22)38)16-19-36(31)27-12-5-6-17-33-27;/h1-15,17H,16,19H2;/q-2;+2. The van der Waals surface area contributed by atoms with Gasteiger partial charge >= 0.3 is 17.1 Å². The van der Waals surface area contributed by atoms with Gasteiger partial charge in [0.15, 0.2) is 0 Å². The van der Waals surface area contributed by atoms with Crippen molar-refractivity contribution in [3.63, 3.8) is 0 Å². The average molecular weight is 584 g/mol. The minimum Gasteiger partial charge on any atom is -0.429 e. The van der Waals surface area contributed by atoms with Crippen LogP contribution in [-0.2, 0) is 23.5 Å². The first-order valence-corrected chi connectivity index (χ1v) is 13.8. The summed E-state index contributed by atoms with van der Waals surface area (Å²) in [5.74, 6) is 2.67. The summed E-state index contributed by atoms with van der Waals surface area (Å²) in [4.78, 5) is 14.7. The molecule has 0 aliphatic carbocycles. The molecule has 0 saturated heterocycles. The van der Waals surface area contributed by atoms with E-state index in [9.17, 15) is 0 Å². The molecule has 0 bridgehead atoms. The number of hydrogen-bond acceptors (Lipinski definition) is 4. The molecular formula is C32H20CuN6S. The fourth-order valence-electron chi connectivity index (χ4n) is 5.95. The molecule has 8 aromatic rings. The van der Waals surface area contributed by atoms with Gasteiger partial charge in [0.25, 0.3) is 0 Å². The van der Waals surface area contributed by atoms with Crippen molar-refractivity contribution in [1.29, 1.82) is 0 Å². The summed E-state index contributed by atoms with van der Waals surface area (Å²) >= 11 is 1.87. The van der Waals surface area contributed by atoms with Crippen molar-refractivity contribution in [2.75, 3.05) is 11.4 Å². The molecule has 1 aliphatic rings. The van der Waals surface area contributed by atoms with Gasteiger partial charge in [-0.25, -0.2) is 16.3 Å². The van der Waals surface area contributed by atoms with Gasteiger partial charge in [-0.15, -0.1) is 29.0 Å². The smallest absolute Gasteiger partial charge is 0.429 e. The molecule has 195 valence electrons. The van der Waals surface area contributed by atoms with Crippen molar-refractivity contribution in [3.05, 3.63) is 114 Å². The van der Waals surface area contributed by atoms with Crippen LogP contribution in [-0.4, -0.2) is 30.0 Å². The minimum absolute atomic E-state index is 0. The van der Waals surface area contributed by atoms with Gasteiger partial charge < -0.3 is 13.9 Å². The van der Waals surface area contributed by atoms with Gasteiger partial charge in [-0.2, -0.15) is 0 Å². The van der Waals surface area contributed by atoms with E-state index in [1.807, 2.05) is 46.4 Å².